The normalized spacial score (nSPS) is 16.3. The quantitative estimate of drug-likeness (QED) is 0.553. The molecule has 0 bridgehead atoms. The van der Waals surface area contributed by atoms with Gasteiger partial charge in [-0.15, -0.1) is 0 Å². The Balaban J connectivity index is 0.000000438. The monoisotopic (exact) mass is 368 g/mol. The van der Waals surface area contributed by atoms with Crippen LogP contribution >= 0.6 is 0 Å². The van der Waals surface area contributed by atoms with Gasteiger partial charge in [0, 0.05) is 46.7 Å². The van der Waals surface area contributed by atoms with Crippen molar-refractivity contribution < 1.29 is 26.6 Å². The van der Waals surface area contributed by atoms with Crippen LogP contribution in [-0.4, -0.2) is 59.5 Å². The van der Waals surface area contributed by atoms with Crippen molar-refractivity contribution in [3.63, 3.8) is 0 Å². The van der Waals surface area contributed by atoms with E-state index in [0.717, 1.165) is 0 Å². The molecule has 0 amide bonds. The van der Waals surface area contributed by atoms with Crippen molar-refractivity contribution in [1.29, 1.82) is 0 Å². The molecule has 0 spiro atoms. The van der Waals surface area contributed by atoms with Crippen LogP contribution in [-0.2, 0) is 26.6 Å². The Labute approximate surface area is 145 Å². The van der Waals surface area contributed by atoms with Gasteiger partial charge in [-0.1, -0.05) is 19.3 Å². The van der Waals surface area contributed by atoms with Gasteiger partial charge < -0.3 is 26.6 Å². The van der Waals surface area contributed by atoms with Crippen LogP contribution in [0.2, 0.25) is 5.54 Å². The Morgan fingerprint density at radius 3 is 1.43 bits per heavy atom. The van der Waals surface area contributed by atoms with Crippen LogP contribution in [0, 0.1) is 0 Å². The van der Waals surface area contributed by atoms with Gasteiger partial charge in [-0.3, -0.25) is 0 Å². The van der Waals surface area contributed by atoms with Crippen molar-refractivity contribution in [1.82, 2.24) is 0 Å². The smallest absolute Gasteiger partial charge is 0.377 e. The molecule has 0 aromatic carbocycles. The van der Waals surface area contributed by atoms with Gasteiger partial charge in [0.15, 0.2) is 0 Å². The third kappa shape index (κ3) is 8.73. The molecule has 8 heteroatoms. The fourth-order valence-corrected chi connectivity index (χ4v) is 6.48. The van der Waals surface area contributed by atoms with E-state index in [2.05, 4.69) is 0 Å². The van der Waals surface area contributed by atoms with E-state index >= 15 is 0 Å². The Hall–Kier alpha value is 0.194. The van der Waals surface area contributed by atoms with Crippen molar-refractivity contribution in [2.24, 2.45) is 0 Å². The molecule has 0 N–H and O–H groups in total. The van der Waals surface area contributed by atoms with Gasteiger partial charge in [-0.2, -0.15) is 0 Å². The lowest BCUT2D eigenvalue weighted by Crippen LogP contribution is -2.48. The SMILES string of the molecule is CCO[SiH](OCC)OCC.CO[Si](OC)(OC)C1CCCCC1. The Morgan fingerprint density at radius 2 is 1.13 bits per heavy atom. The van der Waals surface area contributed by atoms with Gasteiger partial charge in [0.25, 0.3) is 0 Å². The van der Waals surface area contributed by atoms with Gasteiger partial charge in [-0.05, 0) is 33.6 Å². The van der Waals surface area contributed by atoms with E-state index in [9.17, 15) is 0 Å². The standard InChI is InChI=1S/C9H20O3Si.C6H16O3Si/c1-10-13(11-2,12-3)9-7-5-4-6-8-9;1-4-7-10(8-5-2)9-6-3/h9H,4-8H2,1-3H3;10H,4-6H2,1-3H3. The van der Waals surface area contributed by atoms with Crippen LogP contribution in [0.4, 0.5) is 0 Å². The zero-order valence-corrected chi connectivity index (χ0v) is 17.9. The molecule has 1 fully saturated rings. The van der Waals surface area contributed by atoms with Crippen LogP contribution in [0.1, 0.15) is 52.9 Å². The maximum Gasteiger partial charge on any atom is 0.503 e. The molecule has 0 unspecified atom stereocenters. The Kier molecular flexibility index (Phi) is 14.7. The van der Waals surface area contributed by atoms with E-state index in [4.69, 9.17) is 26.6 Å². The third-order valence-corrected chi connectivity index (χ3v) is 8.97. The van der Waals surface area contributed by atoms with E-state index in [0.29, 0.717) is 25.4 Å². The van der Waals surface area contributed by atoms with E-state index in [1.54, 1.807) is 21.3 Å². The van der Waals surface area contributed by atoms with Gasteiger partial charge in [0.1, 0.15) is 0 Å². The molecule has 1 aliphatic carbocycles. The molecule has 0 aliphatic heterocycles. The lowest BCUT2D eigenvalue weighted by atomic mass is 10.0. The van der Waals surface area contributed by atoms with Crippen LogP contribution in [0.15, 0.2) is 0 Å². The molecule has 0 radical (unpaired) electrons. The summed E-state index contributed by atoms with van der Waals surface area (Å²) in [5.41, 5.74) is 0.515. The van der Waals surface area contributed by atoms with Crippen molar-refractivity contribution in [3.05, 3.63) is 0 Å². The summed E-state index contributed by atoms with van der Waals surface area (Å²) in [6, 6.07) is 0. The van der Waals surface area contributed by atoms with E-state index in [-0.39, 0.29) is 0 Å². The van der Waals surface area contributed by atoms with Crippen LogP contribution < -0.4 is 0 Å². The topological polar surface area (TPSA) is 55.4 Å². The average Bonchev–Trinajstić information content (AvgIpc) is 2.59. The maximum absolute atomic E-state index is 5.47. The summed E-state index contributed by atoms with van der Waals surface area (Å²) in [5.74, 6) is 0. The predicted molar refractivity (Wildman–Crippen MR) is 95.6 cm³/mol. The lowest BCUT2D eigenvalue weighted by molar-refractivity contribution is 0.104. The molecule has 1 saturated carbocycles. The number of rotatable bonds is 10. The summed E-state index contributed by atoms with van der Waals surface area (Å²) in [6.45, 7) is 7.86. The van der Waals surface area contributed by atoms with Gasteiger partial charge >= 0.3 is 18.3 Å². The number of hydrogen-bond donors (Lipinski definition) is 0. The highest BCUT2D eigenvalue weighted by Gasteiger charge is 2.47. The summed E-state index contributed by atoms with van der Waals surface area (Å²) in [6.07, 6.45) is 6.31. The van der Waals surface area contributed by atoms with Crippen molar-refractivity contribution in [2.45, 2.75) is 58.4 Å². The van der Waals surface area contributed by atoms with E-state index in [1.165, 1.54) is 32.1 Å². The van der Waals surface area contributed by atoms with Crippen molar-refractivity contribution in [3.8, 4) is 0 Å². The van der Waals surface area contributed by atoms with Crippen molar-refractivity contribution in [2.75, 3.05) is 41.2 Å². The highest BCUT2D eigenvalue weighted by atomic mass is 28.4. The minimum Gasteiger partial charge on any atom is -0.377 e. The van der Waals surface area contributed by atoms with Gasteiger partial charge in [0.05, 0.1) is 0 Å². The molecule has 0 aromatic heterocycles. The molecular weight excluding hydrogens is 332 g/mol. The molecule has 6 nitrogen and oxygen atoms in total. The molecule has 0 atom stereocenters. The largest absolute Gasteiger partial charge is 0.503 e. The van der Waals surface area contributed by atoms with Crippen LogP contribution in [0.25, 0.3) is 0 Å². The first-order chi connectivity index (χ1) is 11.1. The second kappa shape index (κ2) is 14.5. The molecule has 0 aromatic rings. The minimum absolute atomic E-state index is 0.515. The van der Waals surface area contributed by atoms with Gasteiger partial charge in [-0.25, -0.2) is 0 Å². The zero-order chi connectivity index (χ0) is 17.6. The minimum atomic E-state index is -2.32. The fraction of sp³-hybridized carbons (Fsp3) is 1.00. The van der Waals surface area contributed by atoms with E-state index < -0.39 is 18.3 Å². The first-order valence-electron chi connectivity index (χ1n) is 8.64. The lowest BCUT2D eigenvalue weighted by Gasteiger charge is -2.34. The first kappa shape index (κ1) is 23.2. The Bertz CT molecular complexity index is 238. The zero-order valence-electron chi connectivity index (χ0n) is 15.8. The van der Waals surface area contributed by atoms with Crippen LogP contribution in [0.5, 0.6) is 0 Å². The summed E-state index contributed by atoms with van der Waals surface area (Å²) in [5, 5.41) is 0. The molecule has 23 heavy (non-hydrogen) atoms. The third-order valence-electron chi connectivity index (χ3n) is 3.87. The Morgan fingerprint density at radius 1 is 0.739 bits per heavy atom. The molecule has 0 saturated heterocycles. The molecule has 140 valence electrons. The first-order valence-corrected chi connectivity index (χ1v) is 11.9. The highest BCUT2D eigenvalue weighted by Crippen LogP contribution is 2.37. The molecular formula is C15H36O6Si2. The number of hydrogen-bond acceptors (Lipinski definition) is 6. The van der Waals surface area contributed by atoms with Gasteiger partial charge in [0.2, 0.25) is 0 Å². The molecule has 0 heterocycles. The fourth-order valence-electron chi connectivity index (χ4n) is 2.76. The second-order valence-corrected chi connectivity index (χ2v) is 10.0. The molecule has 1 aliphatic rings. The summed E-state index contributed by atoms with van der Waals surface area (Å²) < 4.78 is 32.1. The maximum atomic E-state index is 5.47. The van der Waals surface area contributed by atoms with Crippen LogP contribution in [0.3, 0.4) is 0 Å². The second-order valence-electron chi connectivity index (χ2n) is 5.21. The highest BCUT2D eigenvalue weighted by molar-refractivity contribution is 6.62. The summed E-state index contributed by atoms with van der Waals surface area (Å²) >= 11 is 0. The predicted octanol–water partition coefficient (Wildman–Crippen LogP) is 3.01. The van der Waals surface area contributed by atoms with E-state index in [1.807, 2.05) is 20.8 Å². The summed E-state index contributed by atoms with van der Waals surface area (Å²) in [7, 11) is 1.06. The average molecular weight is 369 g/mol. The van der Waals surface area contributed by atoms with Crippen molar-refractivity contribution >= 4 is 18.3 Å². The molecule has 1 rings (SSSR count). The summed E-state index contributed by atoms with van der Waals surface area (Å²) in [4.78, 5) is 0.